The lowest BCUT2D eigenvalue weighted by molar-refractivity contribution is 0.101. The average Bonchev–Trinajstić information content (AvgIpc) is 2.80. The zero-order valence-corrected chi connectivity index (χ0v) is 18.2. The van der Waals surface area contributed by atoms with Crippen molar-refractivity contribution in [1.82, 2.24) is 0 Å². The Morgan fingerprint density at radius 2 is 1.47 bits per heavy atom. The topological polar surface area (TPSA) is 85.9 Å². The first-order valence-electron chi connectivity index (χ1n) is 10.2. The van der Waals surface area contributed by atoms with Crippen LogP contribution in [0, 0.1) is 13.8 Å². The molecule has 164 valence electrons. The van der Waals surface area contributed by atoms with Crippen molar-refractivity contribution >= 4 is 23.2 Å². The summed E-state index contributed by atoms with van der Waals surface area (Å²) in [5, 5.41) is 5.78. The molecule has 0 fully saturated rings. The predicted octanol–water partition coefficient (Wildman–Crippen LogP) is 4.59. The summed E-state index contributed by atoms with van der Waals surface area (Å²) in [6, 6.07) is 15.7. The molecule has 0 aliphatic carbocycles. The molecule has 0 aromatic heterocycles. The van der Waals surface area contributed by atoms with Crippen LogP contribution in [0.4, 0.5) is 11.4 Å². The minimum Gasteiger partial charge on any atom is -0.496 e. The number of fused-ring (bicyclic) bond motifs is 1. The molecule has 0 radical (unpaired) electrons. The van der Waals surface area contributed by atoms with E-state index in [-0.39, 0.29) is 11.8 Å². The molecule has 4 rings (SSSR count). The molecule has 7 heteroatoms. The van der Waals surface area contributed by atoms with Crippen molar-refractivity contribution in [1.29, 1.82) is 0 Å². The van der Waals surface area contributed by atoms with E-state index < -0.39 is 0 Å². The Hall–Kier alpha value is -4.00. The Kier molecular flexibility index (Phi) is 5.98. The normalized spacial score (nSPS) is 12.1. The minimum atomic E-state index is -0.283. The van der Waals surface area contributed by atoms with Crippen LogP contribution in [0.3, 0.4) is 0 Å². The molecule has 3 aromatic rings. The second kappa shape index (κ2) is 9.01. The van der Waals surface area contributed by atoms with E-state index in [0.29, 0.717) is 47.2 Å². The van der Waals surface area contributed by atoms with Crippen LogP contribution in [-0.2, 0) is 0 Å². The second-order valence-electron chi connectivity index (χ2n) is 7.48. The van der Waals surface area contributed by atoms with Crippen LogP contribution in [0.15, 0.2) is 54.6 Å². The van der Waals surface area contributed by atoms with E-state index in [2.05, 4.69) is 10.6 Å². The number of methoxy groups -OCH3 is 1. The highest BCUT2D eigenvalue weighted by molar-refractivity contribution is 6.07. The van der Waals surface area contributed by atoms with Crippen LogP contribution in [0.1, 0.15) is 31.8 Å². The fourth-order valence-corrected chi connectivity index (χ4v) is 3.44. The molecular weight excluding hydrogens is 408 g/mol. The van der Waals surface area contributed by atoms with Crippen LogP contribution < -0.4 is 24.8 Å². The van der Waals surface area contributed by atoms with Gasteiger partial charge in [-0.1, -0.05) is 6.07 Å². The number of amides is 2. The zero-order chi connectivity index (χ0) is 22.7. The van der Waals surface area contributed by atoms with Gasteiger partial charge in [-0.25, -0.2) is 0 Å². The first kappa shape index (κ1) is 21.2. The predicted molar refractivity (Wildman–Crippen MR) is 122 cm³/mol. The van der Waals surface area contributed by atoms with E-state index in [4.69, 9.17) is 14.2 Å². The van der Waals surface area contributed by atoms with E-state index in [0.717, 1.165) is 16.9 Å². The number of hydrogen-bond acceptors (Lipinski definition) is 5. The third-order valence-corrected chi connectivity index (χ3v) is 5.21. The quantitative estimate of drug-likeness (QED) is 0.616. The number of rotatable bonds is 5. The SMILES string of the molecule is COc1ccc(C(=O)Nc2cc(NC(=O)c3ccc4c(c3)OCCO4)ccc2C)cc1C. The maximum Gasteiger partial charge on any atom is 0.255 e. The van der Waals surface area contributed by atoms with Crippen molar-refractivity contribution in [3.05, 3.63) is 76.9 Å². The molecule has 0 atom stereocenters. The third kappa shape index (κ3) is 4.51. The summed E-state index contributed by atoms with van der Waals surface area (Å²) in [6.45, 7) is 4.72. The molecule has 0 saturated heterocycles. The highest BCUT2D eigenvalue weighted by Crippen LogP contribution is 2.31. The Morgan fingerprint density at radius 1 is 0.781 bits per heavy atom. The zero-order valence-electron chi connectivity index (χ0n) is 18.2. The van der Waals surface area contributed by atoms with Gasteiger partial charge in [-0.15, -0.1) is 0 Å². The molecule has 2 N–H and O–H groups in total. The monoisotopic (exact) mass is 432 g/mol. The average molecular weight is 432 g/mol. The van der Waals surface area contributed by atoms with Crippen LogP contribution in [0.25, 0.3) is 0 Å². The molecule has 0 bridgehead atoms. The summed E-state index contributed by atoms with van der Waals surface area (Å²) in [6.07, 6.45) is 0. The Bertz CT molecular complexity index is 1190. The van der Waals surface area contributed by atoms with Crippen LogP contribution in [0.5, 0.6) is 17.2 Å². The number of carbonyl (C=O) groups excluding carboxylic acids is 2. The number of benzene rings is 3. The number of anilines is 2. The van der Waals surface area contributed by atoms with Gasteiger partial charge in [0, 0.05) is 22.5 Å². The van der Waals surface area contributed by atoms with Crippen molar-refractivity contribution in [2.75, 3.05) is 31.0 Å². The smallest absolute Gasteiger partial charge is 0.255 e. The molecule has 7 nitrogen and oxygen atoms in total. The number of nitrogens with one attached hydrogen (secondary N) is 2. The molecule has 2 amide bonds. The Labute approximate surface area is 186 Å². The van der Waals surface area contributed by atoms with Gasteiger partial charge in [0.1, 0.15) is 19.0 Å². The summed E-state index contributed by atoms with van der Waals surface area (Å²) in [4.78, 5) is 25.5. The maximum absolute atomic E-state index is 12.7. The number of hydrogen-bond donors (Lipinski definition) is 2. The summed E-state index contributed by atoms with van der Waals surface area (Å²) >= 11 is 0. The van der Waals surface area contributed by atoms with E-state index in [1.54, 1.807) is 55.6 Å². The van der Waals surface area contributed by atoms with Gasteiger partial charge in [0.15, 0.2) is 11.5 Å². The molecule has 1 heterocycles. The van der Waals surface area contributed by atoms with Crippen molar-refractivity contribution in [3.8, 4) is 17.2 Å². The first-order chi connectivity index (χ1) is 15.4. The van der Waals surface area contributed by atoms with Gasteiger partial charge < -0.3 is 24.8 Å². The van der Waals surface area contributed by atoms with Crippen molar-refractivity contribution in [3.63, 3.8) is 0 Å². The minimum absolute atomic E-state index is 0.242. The van der Waals surface area contributed by atoms with E-state index in [1.807, 2.05) is 19.9 Å². The van der Waals surface area contributed by atoms with E-state index in [1.165, 1.54) is 0 Å². The lowest BCUT2D eigenvalue weighted by Gasteiger charge is -2.18. The number of carbonyl (C=O) groups is 2. The van der Waals surface area contributed by atoms with E-state index in [9.17, 15) is 9.59 Å². The molecule has 32 heavy (non-hydrogen) atoms. The van der Waals surface area contributed by atoms with Gasteiger partial charge in [-0.05, 0) is 73.5 Å². The van der Waals surface area contributed by atoms with Crippen molar-refractivity contribution in [2.24, 2.45) is 0 Å². The highest BCUT2D eigenvalue weighted by Gasteiger charge is 2.16. The Morgan fingerprint density at radius 3 is 2.22 bits per heavy atom. The van der Waals surface area contributed by atoms with Gasteiger partial charge in [0.05, 0.1) is 7.11 Å². The molecule has 0 saturated carbocycles. The summed E-state index contributed by atoms with van der Waals surface area (Å²) in [5.41, 5.74) is 3.90. The van der Waals surface area contributed by atoms with Crippen molar-refractivity contribution < 1.29 is 23.8 Å². The van der Waals surface area contributed by atoms with Crippen LogP contribution in [0.2, 0.25) is 0 Å². The molecule has 0 unspecified atom stereocenters. The fraction of sp³-hybridized carbons (Fsp3) is 0.200. The molecular formula is C25H24N2O5. The van der Waals surface area contributed by atoms with Gasteiger partial charge >= 0.3 is 0 Å². The van der Waals surface area contributed by atoms with Gasteiger partial charge in [-0.3, -0.25) is 9.59 Å². The molecule has 3 aromatic carbocycles. The Balaban J connectivity index is 1.49. The van der Waals surface area contributed by atoms with Gasteiger partial charge in [0.25, 0.3) is 11.8 Å². The highest BCUT2D eigenvalue weighted by atomic mass is 16.6. The molecule has 1 aliphatic rings. The lowest BCUT2D eigenvalue weighted by atomic mass is 10.1. The summed E-state index contributed by atoms with van der Waals surface area (Å²) < 4.78 is 16.3. The molecule has 0 spiro atoms. The third-order valence-electron chi connectivity index (χ3n) is 5.21. The maximum atomic E-state index is 12.7. The first-order valence-corrected chi connectivity index (χ1v) is 10.2. The van der Waals surface area contributed by atoms with Crippen LogP contribution >= 0.6 is 0 Å². The standard InChI is InChI=1S/C25H24N2O5/c1-15-4-7-19(26-24(28)18-6-9-22-23(13-18)32-11-10-31-22)14-20(15)27-25(29)17-5-8-21(30-3)16(2)12-17/h4-9,12-14H,10-11H2,1-3H3,(H,26,28)(H,27,29). The number of ether oxygens (including phenoxy) is 3. The van der Waals surface area contributed by atoms with Gasteiger partial charge in [0.2, 0.25) is 0 Å². The fourth-order valence-electron chi connectivity index (χ4n) is 3.44. The van der Waals surface area contributed by atoms with Crippen molar-refractivity contribution in [2.45, 2.75) is 13.8 Å². The van der Waals surface area contributed by atoms with E-state index >= 15 is 0 Å². The number of aryl methyl sites for hydroxylation is 2. The largest absolute Gasteiger partial charge is 0.496 e. The lowest BCUT2D eigenvalue weighted by Crippen LogP contribution is -2.17. The summed E-state index contributed by atoms with van der Waals surface area (Å²) in [7, 11) is 1.59. The second-order valence-corrected chi connectivity index (χ2v) is 7.48. The summed E-state index contributed by atoms with van der Waals surface area (Å²) in [5.74, 6) is 1.38. The van der Waals surface area contributed by atoms with Gasteiger partial charge in [-0.2, -0.15) is 0 Å². The van der Waals surface area contributed by atoms with Crippen LogP contribution in [-0.4, -0.2) is 32.1 Å². The molecule has 1 aliphatic heterocycles.